The van der Waals surface area contributed by atoms with Crippen molar-refractivity contribution in [3.63, 3.8) is 0 Å². The molecule has 0 aliphatic carbocycles. The fraction of sp³-hybridized carbons (Fsp3) is 0.600. The van der Waals surface area contributed by atoms with E-state index in [1.807, 2.05) is 0 Å². The molecule has 21 heavy (non-hydrogen) atoms. The van der Waals surface area contributed by atoms with Gasteiger partial charge in [-0.05, 0) is 31.4 Å². The average molecular weight is 332 g/mol. The topological polar surface area (TPSA) is 50.7 Å². The standard InChI is InChI=1S/C15H19Cl2NO3/c16-11-2-1-3-12(17)15(11)20-8-9(19)7-18-13-6-10-4-5-14(13)21-10/h1-3,9-10,13-14,18-19H,4-8H2. The Morgan fingerprint density at radius 1 is 1.33 bits per heavy atom. The summed E-state index contributed by atoms with van der Waals surface area (Å²) < 4.78 is 11.3. The number of ether oxygens (including phenoxy) is 2. The largest absolute Gasteiger partial charge is 0.488 e. The highest BCUT2D eigenvalue weighted by Gasteiger charge is 2.40. The lowest BCUT2D eigenvalue weighted by Crippen LogP contribution is -2.42. The molecule has 6 heteroatoms. The third-order valence-corrected chi connectivity index (χ3v) is 4.66. The summed E-state index contributed by atoms with van der Waals surface area (Å²) in [5, 5.41) is 14.3. The molecule has 2 aliphatic heterocycles. The van der Waals surface area contributed by atoms with E-state index in [1.165, 1.54) is 6.42 Å². The van der Waals surface area contributed by atoms with Crippen LogP contribution in [0.5, 0.6) is 5.75 Å². The highest BCUT2D eigenvalue weighted by atomic mass is 35.5. The minimum absolute atomic E-state index is 0.151. The Bertz CT molecular complexity index is 480. The van der Waals surface area contributed by atoms with Crippen molar-refractivity contribution in [2.75, 3.05) is 13.2 Å². The molecule has 0 aromatic heterocycles. The zero-order chi connectivity index (χ0) is 14.8. The van der Waals surface area contributed by atoms with Crippen molar-refractivity contribution in [3.8, 4) is 5.75 Å². The van der Waals surface area contributed by atoms with Gasteiger partial charge in [-0.25, -0.2) is 0 Å². The van der Waals surface area contributed by atoms with Crippen molar-refractivity contribution in [2.45, 2.75) is 43.6 Å². The number of halogens is 2. The molecule has 0 spiro atoms. The molecule has 0 saturated carbocycles. The number of rotatable bonds is 6. The minimum atomic E-state index is -0.614. The number of nitrogens with one attached hydrogen (secondary N) is 1. The predicted octanol–water partition coefficient (Wildman–Crippen LogP) is 2.64. The number of benzene rings is 1. The smallest absolute Gasteiger partial charge is 0.156 e. The van der Waals surface area contributed by atoms with Gasteiger partial charge in [-0.3, -0.25) is 0 Å². The Morgan fingerprint density at radius 2 is 2.10 bits per heavy atom. The predicted molar refractivity (Wildman–Crippen MR) is 82.3 cm³/mol. The Kier molecular flexibility index (Phi) is 4.92. The van der Waals surface area contributed by atoms with Gasteiger partial charge < -0.3 is 19.9 Å². The molecule has 1 aromatic rings. The Labute approximate surface area is 134 Å². The van der Waals surface area contributed by atoms with E-state index in [1.54, 1.807) is 18.2 Å². The Hall–Kier alpha value is -0.520. The van der Waals surface area contributed by atoms with Gasteiger partial charge in [-0.1, -0.05) is 29.3 Å². The number of aliphatic hydroxyl groups is 1. The first kappa shape index (κ1) is 15.4. The highest BCUT2D eigenvalue weighted by Crippen LogP contribution is 2.34. The first-order chi connectivity index (χ1) is 10.1. The molecule has 2 aliphatic rings. The lowest BCUT2D eigenvalue weighted by atomic mass is 9.95. The van der Waals surface area contributed by atoms with E-state index in [2.05, 4.69) is 5.32 Å². The van der Waals surface area contributed by atoms with Crippen molar-refractivity contribution >= 4 is 23.2 Å². The molecule has 4 nitrogen and oxygen atoms in total. The average Bonchev–Trinajstić information content (AvgIpc) is 3.07. The van der Waals surface area contributed by atoms with Crippen molar-refractivity contribution in [1.82, 2.24) is 5.32 Å². The van der Waals surface area contributed by atoms with E-state index in [9.17, 15) is 5.11 Å². The van der Waals surface area contributed by atoms with Crippen LogP contribution in [0.1, 0.15) is 19.3 Å². The van der Waals surface area contributed by atoms with Gasteiger partial charge >= 0.3 is 0 Å². The Balaban J connectivity index is 1.43. The van der Waals surface area contributed by atoms with E-state index in [0.29, 0.717) is 40.6 Å². The normalized spacial score (nSPS) is 28.8. The zero-order valence-electron chi connectivity index (χ0n) is 11.6. The van der Waals surface area contributed by atoms with Crippen LogP contribution in [0.3, 0.4) is 0 Å². The number of aliphatic hydroxyl groups excluding tert-OH is 1. The van der Waals surface area contributed by atoms with E-state index in [0.717, 1.165) is 12.8 Å². The maximum absolute atomic E-state index is 10.0. The summed E-state index contributed by atoms with van der Waals surface area (Å²) in [5.41, 5.74) is 0. The molecule has 0 radical (unpaired) electrons. The first-order valence-corrected chi connectivity index (χ1v) is 8.03. The third-order valence-electron chi connectivity index (χ3n) is 4.06. The van der Waals surface area contributed by atoms with Crippen molar-refractivity contribution in [3.05, 3.63) is 28.2 Å². The van der Waals surface area contributed by atoms with Crippen molar-refractivity contribution < 1.29 is 14.6 Å². The van der Waals surface area contributed by atoms with Gasteiger partial charge in [0.05, 0.1) is 22.3 Å². The molecule has 2 saturated heterocycles. The molecule has 4 atom stereocenters. The number of hydrogen-bond acceptors (Lipinski definition) is 4. The highest BCUT2D eigenvalue weighted by molar-refractivity contribution is 6.37. The quantitative estimate of drug-likeness (QED) is 0.841. The number of para-hydroxylation sites is 1. The van der Waals surface area contributed by atoms with Crippen molar-refractivity contribution in [2.24, 2.45) is 0 Å². The van der Waals surface area contributed by atoms with Crippen LogP contribution in [0.15, 0.2) is 18.2 Å². The molecule has 3 rings (SSSR count). The SMILES string of the molecule is OC(CNC1CC2CCC1O2)COc1c(Cl)cccc1Cl. The summed E-state index contributed by atoms with van der Waals surface area (Å²) in [6.45, 7) is 0.622. The fourth-order valence-corrected chi connectivity index (χ4v) is 3.51. The molecule has 2 fully saturated rings. The second kappa shape index (κ2) is 6.71. The summed E-state index contributed by atoms with van der Waals surface area (Å²) >= 11 is 12.0. The van der Waals surface area contributed by atoms with Gasteiger partial charge in [-0.2, -0.15) is 0 Å². The van der Waals surface area contributed by atoms with E-state index < -0.39 is 6.10 Å². The molecule has 1 aromatic carbocycles. The van der Waals surface area contributed by atoms with Crippen LogP contribution in [-0.2, 0) is 4.74 Å². The van der Waals surface area contributed by atoms with Crippen LogP contribution in [0, 0.1) is 0 Å². The summed E-state index contributed by atoms with van der Waals surface area (Å²) in [6.07, 6.45) is 3.42. The van der Waals surface area contributed by atoms with E-state index >= 15 is 0 Å². The van der Waals surface area contributed by atoms with Crippen LogP contribution in [-0.4, -0.2) is 42.6 Å². The summed E-state index contributed by atoms with van der Waals surface area (Å²) in [6, 6.07) is 5.52. The van der Waals surface area contributed by atoms with Gasteiger partial charge in [0.25, 0.3) is 0 Å². The number of fused-ring (bicyclic) bond motifs is 2. The van der Waals surface area contributed by atoms with Gasteiger partial charge in [-0.15, -0.1) is 0 Å². The molecule has 4 unspecified atom stereocenters. The molecule has 2 N–H and O–H groups in total. The molecule has 2 bridgehead atoms. The minimum Gasteiger partial charge on any atom is -0.488 e. The van der Waals surface area contributed by atoms with Crippen LogP contribution in [0.4, 0.5) is 0 Å². The second-order valence-electron chi connectivity index (χ2n) is 5.64. The van der Waals surface area contributed by atoms with Crippen molar-refractivity contribution in [1.29, 1.82) is 0 Å². The second-order valence-corrected chi connectivity index (χ2v) is 6.45. The Morgan fingerprint density at radius 3 is 2.71 bits per heavy atom. The third kappa shape index (κ3) is 3.63. The van der Waals surface area contributed by atoms with Gasteiger partial charge in [0.1, 0.15) is 12.7 Å². The van der Waals surface area contributed by atoms with Gasteiger partial charge in [0, 0.05) is 12.6 Å². The monoisotopic (exact) mass is 331 g/mol. The van der Waals surface area contributed by atoms with Crippen LogP contribution >= 0.6 is 23.2 Å². The van der Waals surface area contributed by atoms with Crippen LogP contribution in [0.25, 0.3) is 0 Å². The summed E-state index contributed by atoms with van der Waals surface area (Å²) in [7, 11) is 0. The molecule has 116 valence electrons. The fourth-order valence-electron chi connectivity index (χ4n) is 3.00. The molecule has 0 amide bonds. The number of hydrogen-bond donors (Lipinski definition) is 2. The first-order valence-electron chi connectivity index (χ1n) is 7.27. The van der Waals surface area contributed by atoms with Crippen LogP contribution < -0.4 is 10.1 Å². The molecular weight excluding hydrogens is 313 g/mol. The van der Waals surface area contributed by atoms with E-state index in [4.69, 9.17) is 32.7 Å². The van der Waals surface area contributed by atoms with Gasteiger partial charge in [0.2, 0.25) is 0 Å². The van der Waals surface area contributed by atoms with Gasteiger partial charge in [0.15, 0.2) is 5.75 Å². The maximum atomic E-state index is 10.0. The summed E-state index contributed by atoms with van der Waals surface area (Å²) in [4.78, 5) is 0. The van der Waals surface area contributed by atoms with Crippen LogP contribution in [0.2, 0.25) is 10.0 Å². The van der Waals surface area contributed by atoms with E-state index in [-0.39, 0.29) is 6.61 Å². The zero-order valence-corrected chi connectivity index (χ0v) is 13.1. The molecule has 2 heterocycles. The molecular formula is C15H19Cl2NO3. The summed E-state index contributed by atoms with van der Waals surface area (Å²) in [5.74, 6) is 0.420. The lowest BCUT2D eigenvalue weighted by molar-refractivity contribution is 0.0854. The maximum Gasteiger partial charge on any atom is 0.156 e. The lowest BCUT2D eigenvalue weighted by Gasteiger charge is -2.22.